The van der Waals surface area contributed by atoms with Gasteiger partial charge in [0.25, 0.3) is 5.69 Å². The smallest absolute Gasteiger partial charge is 0.270 e. The molecular weight excluding hydrogens is 366 g/mol. The molecule has 0 amide bonds. The van der Waals surface area contributed by atoms with E-state index in [0.29, 0.717) is 18.4 Å². The lowest BCUT2D eigenvalue weighted by atomic mass is 10.1. The van der Waals surface area contributed by atoms with Gasteiger partial charge in [0.1, 0.15) is 0 Å². The monoisotopic (exact) mass is 389 g/mol. The number of rotatable bonds is 6. The molecule has 0 bridgehead atoms. The van der Waals surface area contributed by atoms with Gasteiger partial charge >= 0.3 is 0 Å². The molecule has 2 aromatic carbocycles. The Labute approximate surface area is 159 Å². The van der Waals surface area contributed by atoms with E-state index < -0.39 is 14.9 Å². The third kappa shape index (κ3) is 4.91. The van der Waals surface area contributed by atoms with Crippen LogP contribution < -0.4 is 4.72 Å². The minimum Gasteiger partial charge on any atom is -0.299 e. The van der Waals surface area contributed by atoms with Gasteiger partial charge in [0.2, 0.25) is 10.0 Å². The number of non-ortho nitro benzene ring substituents is 1. The molecule has 0 saturated carbocycles. The Kier molecular flexibility index (Phi) is 5.88. The first-order chi connectivity index (χ1) is 12.8. The van der Waals surface area contributed by atoms with Crippen LogP contribution in [0.3, 0.4) is 0 Å². The molecule has 0 unspecified atom stereocenters. The van der Waals surface area contributed by atoms with Crippen molar-refractivity contribution in [3.8, 4) is 0 Å². The van der Waals surface area contributed by atoms with Crippen LogP contribution in [-0.4, -0.2) is 37.4 Å². The fraction of sp³-hybridized carbons (Fsp3) is 0.368. The number of nitrogens with one attached hydrogen (secondary N) is 1. The number of nitro benzene ring substituents is 1. The Morgan fingerprint density at radius 2 is 1.81 bits per heavy atom. The molecule has 0 spiro atoms. The van der Waals surface area contributed by atoms with E-state index in [9.17, 15) is 18.5 Å². The summed E-state index contributed by atoms with van der Waals surface area (Å²) in [6, 6.07) is 13.9. The van der Waals surface area contributed by atoms with E-state index in [1.807, 2.05) is 18.2 Å². The van der Waals surface area contributed by atoms with Crippen molar-refractivity contribution in [3.63, 3.8) is 0 Å². The molecule has 8 heteroatoms. The third-order valence-electron chi connectivity index (χ3n) is 4.83. The second kappa shape index (κ2) is 8.16. The fourth-order valence-electron chi connectivity index (χ4n) is 3.33. The van der Waals surface area contributed by atoms with E-state index in [2.05, 4.69) is 21.8 Å². The molecule has 1 aliphatic heterocycles. The Bertz CT molecular complexity index is 908. The molecule has 144 valence electrons. The summed E-state index contributed by atoms with van der Waals surface area (Å²) >= 11 is 0. The number of hydrogen-bond donors (Lipinski definition) is 1. The van der Waals surface area contributed by atoms with Gasteiger partial charge in [-0.1, -0.05) is 36.4 Å². The van der Waals surface area contributed by atoms with E-state index in [1.54, 1.807) is 6.92 Å². The Hall–Kier alpha value is -2.29. The highest BCUT2D eigenvalue weighted by molar-refractivity contribution is 7.89. The molecule has 1 N–H and O–H groups in total. The van der Waals surface area contributed by atoms with Gasteiger partial charge in [0.15, 0.2) is 0 Å². The second-order valence-electron chi connectivity index (χ2n) is 6.86. The third-order valence-corrected chi connectivity index (χ3v) is 6.49. The first-order valence-corrected chi connectivity index (χ1v) is 10.4. The van der Waals surface area contributed by atoms with E-state index in [-0.39, 0.29) is 16.6 Å². The van der Waals surface area contributed by atoms with E-state index in [4.69, 9.17) is 0 Å². The average Bonchev–Trinajstić information content (AvgIpc) is 2.64. The lowest BCUT2D eigenvalue weighted by Gasteiger charge is -2.32. The zero-order valence-corrected chi connectivity index (χ0v) is 16.0. The number of hydrogen-bond acceptors (Lipinski definition) is 5. The summed E-state index contributed by atoms with van der Waals surface area (Å²) in [4.78, 5) is 12.6. The van der Waals surface area contributed by atoms with E-state index in [0.717, 1.165) is 25.7 Å². The molecule has 0 radical (unpaired) electrons. The highest BCUT2D eigenvalue weighted by Crippen LogP contribution is 2.23. The summed E-state index contributed by atoms with van der Waals surface area (Å²) in [5, 5.41) is 11.0. The molecule has 0 aliphatic carbocycles. The fourth-order valence-corrected chi connectivity index (χ4v) is 4.89. The molecule has 1 saturated heterocycles. The van der Waals surface area contributed by atoms with E-state index >= 15 is 0 Å². The SMILES string of the molecule is Cc1ccc([N+](=O)[O-])cc1S(=O)(=O)NC1CCN(Cc2ccccc2)CC1. The number of piperidine rings is 1. The second-order valence-corrected chi connectivity index (χ2v) is 8.55. The van der Waals surface area contributed by atoms with Crippen molar-refractivity contribution >= 4 is 15.7 Å². The molecule has 1 heterocycles. The summed E-state index contributed by atoms with van der Waals surface area (Å²) in [6.07, 6.45) is 1.42. The van der Waals surface area contributed by atoms with Gasteiger partial charge in [-0.05, 0) is 30.9 Å². The maximum absolute atomic E-state index is 12.7. The van der Waals surface area contributed by atoms with Crippen LogP contribution >= 0.6 is 0 Å². The molecule has 27 heavy (non-hydrogen) atoms. The number of nitrogens with zero attached hydrogens (tertiary/aromatic N) is 2. The van der Waals surface area contributed by atoms with Crippen molar-refractivity contribution in [3.05, 3.63) is 69.8 Å². The van der Waals surface area contributed by atoms with Crippen molar-refractivity contribution in [1.82, 2.24) is 9.62 Å². The van der Waals surface area contributed by atoms with Crippen LogP contribution in [0.15, 0.2) is 53.4 Å². The van der Waals surface area contributed by atoms with Gasteiger partial charge < -0.3 is 0 Å². The maximum atomic E-state index is 12.7. The van der Waals surface area contributed by atoms with Crippen LogP contribution in [0.1, 0.15) is 24.0 Å². The first-order valence-electron chi connectivity index (χ1n) is 8.89. The minimum absolute atomic E-state index is 0.0246. The van der Waals surface area contributed by atoms with Crippen LogP contribution in [0.4, 0.5) is 5.69 Å². The highest BCUT2D eigenvalue weighted by atomic mass is 32.2. The molecule has 1 aliphatic rings. The largest absolute Gasteiger partial charge is 0.299 e. The van der Waals surface area contributed by atoms with Gasteiger partial charge in [-0.3, -0.25) is 15.0 Å². The predicted octanol–water partition coefficient (Wildman–Crippen LogP) is 2.85. The van der Waals surface area contributed by atoms with Crippen LogP contribution in [-0.2, 0) is 16.6 Å². The van der Waals surface area contributed by atoms with Crippen molar-refractivity contribution in [2.75, 3.05) is 13.1 Å². The topological polar surface area (TPSA) is 92.5 Å². The number of sulfonamides is 1. The van der Waals surface area contributed by atoms with Crippen LogP contribution in [0, 0.1) is 17.0 Å². The number of aryl methyl sites for hydroxylation is 1. The van der Waals surface area contributed by atoms with E-state index in [1.165, 1.54) is 17.7 Å². The first kappa shape index (κ1) is 19.5. The summed E-state index contributed by atoms with van der Waals surface area (Å²) in [6.45, 7) is 4.09. The quantitative estimate of drug-likeness (QED) is 0.606. The van der Waals surface area contributed by atoms with Crippen LogP contribution in [0.5, 0.6) is 0 Å². The summed E-state index contributed by atoms with van der Waals surface area (Å²) in [7, 11) is -3.80. The molecule has 0 atom stereocenters. The number of nitro groups is 1. The number of benzene rings is 2. The van der Waals surface area contributed by atoms with Gasteiger partial charge in [-0.2, -0.15) is 0 Å². The lowest BCUT2D eigenvalue weighted by Crippen LogP contribution is -2.44. The molecule has 1 fully saturated rings. The molecule has 2 aromatic rings. The van der Waals surface area contributed by atoms with Crippen molar-refractivity contribution in [2.24, 2.45) is 0 Å². The summed E-state index contributed by atoms with van der Waals surface area (Å²) in [5.74, 6) is 0. The Morgan fingerprint density at radius 1 is 1.15 bits per heavy atom. The predicted molar refractivity (Wildman–Crippen MR) is 103 cm³/mol. The van der Waals surface area contributed by atoms with Crippen LogP contribution in [0.2, 0.25) is 0 Å². The number of likely N-dealkylation sites (tertiary alicyclic amines) is 1. The normalized spacial score (nSPS) is 16.3. The highest BCUT2D eigenvalue weighted by Gasteiger charge is 2.26. The van der Waals surface area contributed by atoms with Crippen molar-refractivity contribution in [2.45, 2.75) is 37.2 Å². The Balaban J connectivity index is 1.63. The Morgan fingerprint density at radius 3 is 2.44 bits per heavy atom. The van der Waals surface area contributed by atoms with Crippen molar-refractivity contribution < 1.29 is 13.3 Å². The zero-order valence-electron chi connectivity index (χ0n) is 15.2. The van der Waals surface area contributed by atoms with Gasteiger partial charge in [0.05, 0.1) is 9.82 Å². The molecule has 7 nitrogen and oxygen atoms in total. The molecular formula is C19H23N3O4S. The van der Waals surface area contributed by atoms with Crippen molar-refractivity contribution in [1.29, 1.82) is 0 Å². The van der Waals surface area contributed by atoms with Gasteiger partial charge in [-0.15, -0.1) is 0 Å². The van der Waals surface area contributed by atoms with Gasteiger partial charge in [0, 0.05) is 37.8 Å². The zero-order chi connectivity index (χ0) is 19.4. The van der Waals surface area contributed by atoms with Gasteiger partial charge in [-0.25, -0.2) is 13.1 Å². The average molecular weight is 389 g/mol. The lowest BCUT2D eigenvalue weighted by molar-refractivity contribution is -0.385. The summed E-state index contributed by atoms with van der Waals surface area (Å²) < 4.78 is 28.2. The standard InChI is InChI=1S/C19H23N3O4S/c1-15-7-8-18(22(23)24)13-19(15)27(25,26)20-17-9-11-21(12-10-17)14-16-5-3-2-4-6-16/h2-8,13,17,20H,9-12,14H2,1H3. The van der Waals surface area contributed by atoms with Crippen LogP contribution in [0.25, 0.3) is 0 Å². The minimum atomic E-state index is -3.80. The summed E-state index contributed by atoms with van der Waals surface area (Å²) in [5.41, 5.74) is 1.51. The molecule has 3 rings (SSSR count). The maximum Gasteiger partial charge on any atom is 0.270 e. The molecule has 0 aromatic heterocycles.